The molecule has 1 saturated heterocycles. The minimum Gasteiger partial charge on any atom is -0.315 e. The lowest BCUT2D eigenvalue weighted by Crippen LogP contribution is -2.38. The van der Waals surface area contributed by atoms with Crippen LogP contribution in [0, 0.1) is 5.92 Å². The van der Waals surface area contributed by atoms with Crippen LogP contribution in [0.2, 0.25) is 0 Å². The van der Waals surface area contributed by atoms with Gasteiger partial charge in [-0.1, -0.05) is 19.8 Å². The maximum absolute atomic E-state index is 3.57. The van der Waals surface area contributed by atoms with Gasteiger partial charge < -0.3 is 10.2 Å². The topological polar surface area (TPSA) is 15.3 Å². The number of thiophene rings is 1. The van der Waals surface area contributed by atoms with Crippen LogP contribution in [0.3, 0.4) is 0 Å². The Balaban J connectivity index is 1.48. The molecule has 2 nitrogen and oxygen atoms in total. The Labute approximate surface area is 122 Å². The molecule has 108 valence electrons. The van der Waals surface area contributed by atoms with Gasteiger partial charge in [-0.3, -0.25) is 0 Å². The first kappa shape index (κ1) is 15.0. The fraction of sp³-hybridized carbons (Fsp3) is 0.750. The maximum atomic E-state index is 3.57. The van der Waals surface area contributed by atoms with Gasteiger partial charge in [-0.25, -0.2) is 0 Å². The van der Waals surface area contributed by atoms with Gasteiger partial charge in [0, 0.05) is 13.1 Å². The van der Waals surface area contributed by atoms with Gasteiger partial charge in [0.05, 0.1) is 0 Å². The number of nitrogens with one attached hydrogen (secondary N) is 1. The van der Waals surface area contributed by atoms with E-state index in [9.17, 15) is 0 Å². The Kier molecular flexibility index (Phi) is 6.90. The van der Waals surface area contributed by atoms with Crippen molar-refractivity contribution in [2.75, 3.05) is 32.7 Å². The number of nitrogens with zero attached hydrogens (tertiary/aromatic N) is 1. The van der Waals surface area contributed by atoms with Crippen LogP contribution in [-0.2, 0) is 6.42 Å². The summed E-state index contributed by atoms with van der Waals surface area (Å²) in [7, 11) is 0. The van der Waals surface area contributed by atoms with Crippen molar-refractivity contribution in [3.8, 4) is 0 Å². The predicted molar refractivity (Wildman–Crippen MR) is 85.0 cm³/mol. The number of rotatable bonds is 8. The van der Waals surface area contributed by atoms with Crippen molar-refractivity contribution in [1.82, 2.24) is 10.2 Å². The Morgan fingerprint density at radius 3 is 2.84 bits per heavy atom. The third kappa shape index (κ3) is 5.64. The van der Waals surface area contributed by atoms with E-state index in [0.717, 1.165) is 19.0 Å². The van der Waals surface area contributed by atoms with E-state index in [-0.39, 0.29) is 0 Å². The molecule has 0 bridgehead atoms. The molecule has 1 fully saturated rings. The van der Waals surface area contributed by atoms with Gasteiger partial charge in [-0.15, -0.1) is 0 Å². The number of piperidine rings is 1. The van der Waals surface area contributed by atoms with Crippen LogP contribution in [0.15, 0.2) is 16.8 Å². The second-order valence-electron chi connectivity index (χ2n) is 5.71. The first-order valence-electron chi connectivity index (χ1n) is 7.82. The summed E-state index contributed by atoms with van der Waals surface area (Å²) < 4.78 is 0. The molecule has 2 heterocycles. The Bertz CT molecular complexity index is 315. The molecule has 1 aliphatic rings. The molecule has 0 aliphatic carbocycles. The molecule has 0 radical (unpaired) electrons. The SMILES string of the molecule is CCCC1CCN(CCNCCc2ccsc2)CC1. The summed E-state index contributed by atoms with van der Waals surface area (Å²) in [5, 5.41) is 7.98. The fourth-order valence-electron chi connectivity index (χ4n) is 2.94. The summed E-state index contributed by atoms with van der Waals surface area (Å²) in [6, 6.07) is 2.23. The molecule has 0 amide bonds. The van der Waals surface area contributed by atoms with Crippen molar-refractivity contribution < 1.29 is 0 Å². The standard InChI is InChI=1S/C16H28N2S/c1-2-3-15-5-10-18(11-6-15)12-9-17-8-4-16-7-13-19-14-16/h7,13-15,17H,2-6,8-12H2,1H3. The molecule has 0 unspecified atom stereocenters. The largest absolute Gasteiger partial charge is 0.315 e. The highest BCUT2D eigenvalue weighted by Crippen LogP contribution is 2.21. The van der Waals surface area contributed by atoms with E-state index in [0.29, 0.717) is 0 Å². The Morgan fingerprint density at radius 1 is 1.32 bits per heavy atom. The zero-order chi connectivity index (χ0) is 13.3. The third-order valence-electron chi connectivity index (χ3n) is 4.18. The number of likely N-dealkylation sites (tertiary alicyclic amines) is 1. The normalized spacial score (nSPS) is 17.9. The summed E-state index contributed by atoms with van der Waals surface area (Å²) in [6.45, 7) is 8.42. The van der Waals surface area contributed by atoms with E-state index < -0.39 is 0 Å². The van der Waals surface area contributed by atoms with E-state index in [1.807, 2.05) is 0 Å². The van der Waals surface area contributed by atoms with E-state index in [1.165, 1.54) is 57.3 Å². The van der Waals surface area contributed by atoms with E-state index >= 15 is 0 Å². The van der Waals surface area contributed by atoms with Crippen molar-refractivity contribution in [3.63, 3.8) is 0 Å². The maximum Gasteiger partial charge on any atom is 0.0107 e. The van der Waals surface area contributed by atoms with Crippen molar-refractivity contribution in [1.29, 1.82) is 0 Å². The van der Waals surface area contributed by atoms with E-state index in [2.05, 4.69) is 34.0 Å². The molecule has 19 heavy (non-hydrogen) atoms. The van der Waals surface area contributed by atoms with Crippen molar-refractivity contribution in [3.05, 3.63) is 22.4 Å². The van der Waals surface area contributed by atoms with Crippen molar-refractivity contribution in [2.24, 2.45) is 5.92 Å². The van der Waals surface area contributed by atoms with E-state index in [1.54, 1.807) is 11.3 Å². The van der Waals surface area contributed by atoms with Gasteiger partial charge >= 0.3 is 0 Å². The smallest absolute Gasteiger partial charge is 0.0107 e. The average Bonchev–Trinajstić information content (AvgIpc) is 2.94. The molecule has 1 aromatic rings. The second kappa shape index (κ2) is 8.72. The predicted octanol–water partition coefficient (Wildman–Crippen LogP) is 3.39. The van der Waals surface area contributed by atoms with Gasteiger partial charge in [-0.05, 0) is 67.2 Å². The molecule has 0 atom stereocenters. The summed E-state index contributed by atoms with van der Waals surface area (Å²) in [5.74, 6) is 1.01. The first-order valence-corrected chi connectivity index (χ1v) is 8.77. The lowest BCUT2D eigenvalue weighted by atomic mass is 9.92. The minimum atomic E-state index is 1.01. The first-order chi connectivity index (χ1) is 9.38. The van der Waals surface area contributed by atoms with Gasteiger partial charge in [-0.2, -0.15) is 11.3 Å². The Hall–Kier alpha value is -0.380. The van der Waals surface area contributed by atoms with Crippen LogP contribution in [0.1, 0.15) is 38.2 Å². The fourth-order valence-corrected chi connectivity index (χ4v) is 3.64. The zero-order valence-corrected chi connectivity index (χ0v) is 13.1. The van der Waals surface area contributed by atoms with Crippen LogP contribution in [0.25, 0.3) is 0 Å². The second-order valence-corrected chi connectivity index (χ2v) is 6.49. The van der Waals surface area contributed by atoms with Crippen molar-refractivity contribution >= 4 is 11.3 Å². The highest BCUT2D eigenvalue weighted by Gasteiger charge is 2.17. The van der Waals surface area contributed by atoms with Gasteiger partial charge in [0.1, 0.15) is 0 Å². The minimum absolute atomic E-state index is 1.01. The van der Waals surface area contributed by atoms with Crippen LogP contribution < -0.4 is 5.32 Å². The molecule has 0 aromatic carbocycles. The molecule has 1 aliphatic heterocycles. The molecule has 1 aromatic heterocycles. The third-order valence-corrected chi connectivity index (χ3v) is 4.91. The van der Waals surface area contributed by atoms with Gasteiger partial charge in [0.15, 0.2) is 0 Å². The number of hydrogen-bond acceptors (Lipinski definition) is 3. The summed E-state index contributed by atoms with van der Waals surface area (Å²) >= 11 is 1.79. The highest BCUT2D eigenvalue weighted by atomic mass is 32.1. The van der Waals surface area contributed by atoms with Crippen LogP contribution in [0.5, 0.6) is 0 Å². The highest BCUT2D eigenvalue weighted by molar-refractivity contribution is 7.07. The van der Waals surface area contributed by atoms with Crippen molar-refractivity contribution in [2.45, 2.75) is 39.0 Å². The molecule has 3 heteroatoms. The Morgan fingerprint density at radius 2 is 2.16 bits per heavy atom. The molecule has 2 rings (SSSR count). The number of hydrogen-bond donors (Lipinski definition) is 1. The van der Waals surface area contributed by atoms with Gasteiger partial charge in [0.25, 0.3) is 0 Å². The quantitative estimate of drug-likeness (QED) is 0.734. The van der Waals surface area contributed by atoms with Crippen LogP contribution in [0.4, 0.5) is 0 Å². The van der Waals surface area contributed by atoms with Crippen LogP contribution in [-0.4, -0.2) is 37.6 Å². The molecule has 1 N–H and O–H groups in total. The van der Waals surface area contributed by atoms with E-state index in [4.69, 9.17) is 0 Å². The average molecular weight is 280 g/mol. The lowest BCUT2D eigenvalue weighted by molar-refractivity contribution is 0.179. The zero-order valence-electron chi connectivity index (χ0n) is 12.2. The molecular weight excluding hydrogens is 252 g/mol. The van der Waals surface area contributed by atoms with Gasteiger partial charge in [0.2, 0.25) is 0 Å². The summed E-state index contributed by atoms with van der Waals surface area (Å²) in [5.41, 5.74) is 1.47. The molecule has 0 spiro atoms. The molecular formula is C16H28N2S. The summed E-state index contributed by atoms with van der Waals surface area (Å²) in [6.07, 6.45) is 6.80. The molecule has 0 saturated carbocycles. The van der Waals surface area contributed by atoms with Crippen LogP contribution >= 0.6 is 11.3 Å². The lowest BCUT2D eigenvalue weighted by Gasteiger charge is -2.31. The monoisotopic (exact) mass is 280 g/mol. The summed E-state index contributed by atoms with van der Waals surface area (Å²) in [4.78, 5) is 2.63.